The lowest BCUT2D eigenvalue weighted by molar-refractivity contribution is 0.303. The third-order valence-electron chi connectivity index (χ3n) is 5.72. The molecule has 6 rings (SSSR count). The third-order valence-corrected chi connectivity index (χ3v) is 8.29. The van der Waals surface area contributed by atoms with Crippen molar-refractivity contribution in [3.63, 3.8) is 0 Å². The van der Waals surface area contributed by atoms with Gasteiger partial charge in [-0.15, -0.1) is 0 Å². The number of hydrogen-bond donors (Lipinski definition) is 0. The summed E-state index contributed by atoms with van der Waals surface area (Å²) >= 11 is 6.03. The van der Waals surface area contributed by atoms with E-state index >= 15 is 0 Å². The molecule has 0 spiro atoms. The second kappa shape index (κ2) is 8.94. The van der Waals surface area contributed by atoms with Gasteiger partial charge in [0.15, 0.2) is 4.96 Å². The van der Waals surface area contributed by atoms with Gasteiger partial charge in [0.25, 0.3) is 5.56 Å². The van der Waals surface area contributed by atoms with Crippen molar-refractivity contribution in [3.05, 3.63) is 112 Å². The van der Waals surface area contributed by atoms with Crippen molar-refractivity contribution in [1.29, 1.82) is 0 Å². The monoisotopic (exact) mass is 686 g/mol. The Kier molecular flexibility index (Phi) is 5.78. The second-order valence-corrected chi connectivity index (χ2v) is 11.2. The molecule has 0 atom stereocenters. The van der Waals surface area contributed by atoms with E-state index in [4.69, 9.17) is 4.74 Å². The molecule has 0 saturated carbocycles. The molecular formula is C27H16I2N2O2S. The minimum absolute atomic E-state index is 0.0324. The fourth-order valence-corrected chi connectivity index (χ4v) is 7.25. The van der Waals surface area contributed by atoms with Crippen LogP contribution in [0.15, 0.2) is 83.7 Å². The van der Waals surface area contributed by atoms with Gasteiger partial charge in [0.2, 0.25) is 0 Å². The normalized spacial score (nSPS) is 12.2. The average molecular weight is 686 g/mol. The minimum atomic E-state index is -0.0324. The van der Waals surface area contributed by atoms with E-state index in [0.717, 1.165) is 40.0 Å². The molecule has 4 nitrogen and oxygen atoms in total. The predicted octanol–water partition coefficient (Wildman–Crippen LogP) is 6.40. The zero-order chi connectivity index (χ0) is 23.2. The van der Waals surface area contributed by atoms with Crippen molar-refractivity contribution in [3.8, 4) is 5.75 Å². The number of rotatable bonds is 4. The van der Waals surface area contributed by atoms with Crippen LogP contribution in [0, 0.1) is 7.14 Å². The highest BCUT2D eigenvalue weighted by Gasteiger charge is 2.13. The zero-order valence-electron chi connectivity index (χ0n) is 17.7. The molecular weight excluding hydrogens is 670 g/mol. The fourth-order valence-electron chi connectivity index (χ4n) is 4.13. The zero-order valence-corrected chi connectivity index (χ0v) is 22.8. The van der Waals surface area contributed by atoms with Crippen LogP contribution in [0.3, 0.4) is 0 Å². The first-order valence-corrected chi connectivity index (χ1v) is 13.6. The number of aromatic nitrogens is 2. The number of imidazole rings is 1. The molecule has 0 N–H and O–H groups in total. The average Bonchev–Trinajstić information content (AvgIpc) is 3.34. The van der Waals surface area contributed by atoms with Gasteiger partial charge in [0, 0.05) is 0 Å². The van der Waals surface area contributed by atoms with Crippen LogP contribution in [0.5, 0.6) is 5.75 Å². The van der Waals surface area contributed by atoms with Crippen molar-refractivity contribution < 1.29 is 4.74 Å². The molecule has 0 bridgehead atoms. The van der Waals surface area contributed by atoms with Crippen LogP contribution in [0.2, 0.25) is 0 Å². The first-order chi connectivity index (χ1) is 16.6. The van der Waals surface area contributed by atoms with Gasteiger partial charge in [-0.1, -0.05) is 65.9 Å². The Balaban J connectivity index is 1.34. The van der Waals surface area contributed by atoms with Gasteiger partial charge < -0.3 is 4.74 Å². The summed E-state index contributed by atoms with van der Waals surface area (Å²) in [4.78, 5) is 18.4. The molecule has 2 aromatic heterocycles. The highest BCUT2D eigenvalue weighted by atomic mass is 127. The van der Waals surface area contributed by atoms with E-state index in [1.807, 2.05) is 30.3 Å². The van der Waals surface area contributed by atoms with Crippen LogP contribution in [0.4, 0.5) is 0 Å². The molecule has 0 saturated heterocycles. The van der Waals surface area contributed by atoms with Crippen molar-refractivity contribution >= 4 is 89.4 Å². The van der Waals surface area contributed by atoms with E-state index in [1.165, 1.54) is 22.1 Å². The van der Waals surface area contributed by atoms with Crippen molar-refractivity contribution in [2.45, 2.75) is 6.61 Å². The number of para-hydroxylation sites is 2. The van der Waals surface area contributed by atoms with E-state index in [2.05, 4.69) is 105 Å². The Bertz CT molecular complexity index is 1800. The topological polar surface area (TPSA) is 43.6 Å². The van der Waals surface area contributed by atoms with Gasteiger partial charge in [-0.05, 0) is 97.4 Å². The standard InChI is InChI=1S/C27H16I2N2O2S/c28-20-12-16(14-24-26(32)31-23-11-4-3-10-22(23)30-27(31)34-24)13-21(29)25(20)33-15-18-8-5-7-17-6-1-2-9-19(17)18/h1-14H,15H2/b24-14-. The number of benzene rings is 4. The summed E-state index contributed by atoms with van der Waals surface area (Å²) < 4.78 is 10.7. The second-order valence-electron chi connectivity index (χ2n) is 7.87. The smallest absolute Gasteiger partial charge is 0.274 e. The Morgan fingerprint density at radius 3 is 2.53 bits per heavy atom. The SMILES string of the molecule is O=c1/c(=C/c2cc(I)c(OCc3cccc4ccccc34)c(I)c2)sc2nc3ccccc3n12. The van der Waals surface area contributed by atoms with Gasteiger partial charge in [0.05, 0.1) is 22.7 Å². The number of thiazole rings is 1. The summed E-state index contributed by atoms with van der Waals surface area (Å²) in [5.41, 5.74) is 3.78. The van der Waals surface area contributed by atoms with E-state index in [9.17, 15) is 4.79 Å². The first-order valence-electron chi connectivity index (χ1n) is 10.6. The molecule has 0 aliphatic rings. The molecule has 2 heterocycles. The number of ether oxygens (including phenoxy) is 1. The van der Waals surface area contributed by atoms with E-state index < -0.39 is 0 Å². The van der Waals surface area contributed by atoms with Crippen molar-refractivity contribution in [1.82, 2.24) is 9.38 Å². The minimum Gasteiger partial charge on any atom is -0.487 e. The quantitative estimate of drug-likeness (QED) is 0.202. The molecule has 34 heavy (non-hydrogen) atoms. The molecule has 0 aliphatic heterocycles. The number of fused-ring (bicyclic) bond motifs is 4. The summed E-state index contributed by atoms with van der Waals surface area (Å²) in [6.07, 6.45) is 1.94. The van der Waals surface area contributed by atoms with Crippen LogP contribution < -0.4 is 14.8 Å². The molecule has 0 aliphatic carbocycles. The summed E-state index contributed by atoms with van der Waals surface area (Å²) in [6.45, 7) is 0.496. The lowest BCUT2D eigenvalue weighted by atomic mass is 10.1. The molecule has 0 amide bonds. The Morgan fingerprint density at radius 2 is 1.68 bits per heavy atom. The Labute approximate surface area is 226 Å². The molecule has 0 fully saturated rings. The van der Waals surface area contributed by atoms with Crippen LogP contribution in [0.25, 0.3) is 32.8 Å². The van der Waals surface area contributed by atoms with Crippen LogP contribution in [0.1, 0.15) is 11.1 Å². The van der Waals surface area contributed by atoms with E-state index in [0.29, 0.717) is 11.1 Å². The molecule has 0 unspecified atom stereocenters. The first kappa shape index (κ1) is 22.0. The fraction of sp³-hybridized carbons (Fsp3) is 0.0370. The molecule has 6 aromatic rings. The Hall–Kier alpha value is -2.50. The molecule has 4 aromatic carbocycles. The number of nitrogens with zero attached hydrogens (tertiary/aromatic N) is 2. The third kappa shape index (κ3) is 3.89. The van der Waals surface area contributed by atoms with Gasteiger partial charge in [-0.3, -0.25) is 4.79 Å². The number of halogens is 2. The maximum atomic E-state index is 13.1. The molecule has 0 radical (unpaired) electrons. The van der Waals surface area contributed by atoms with Crippen molar-refractivity contribution in [2.75, 3.05) is 0 Å². The predicted molar refractivity (Wildman–Crippen MR) is 156 cm³/mol. The largest absolute Gasteiger partial charge is 0.487 e. The maximum Gasteiger partial charge on any atom is 0.274 e. The Morgan fingerprint density at radius 1 is 0.941 bits per heavy atom. The van der Waals surface area contributed by atoms with Gasteiger partial charge in [-0.25, -0.2) is 9.38 Å². The van der Waals surface area contributed by atoms with Crippen LogP contribution >= 0.6 is 56.5 Å². The van der Waals surface area contributed by atoms with Crippen LogP contribution in [-0.2, 0) is 6.61 Å². The molecule has 166 valence electrons. The lowest BCUT2D eigenvalue weighted by Crippen LogP contribution is -2.22. The van der Waals surface area contributed by atoms with Gasteiger partial charge >= 0.3 is 0 Å². The summed E-state index contributed by atoms with van der Waals surface area (Å²) in [7, 11) is 0. The summed E-state index contributed by atoms with van der Waals surface area (Å²) in [6, 6.07) is 26.5. The number of hydrogen-bond acceptors (Lipinski definition) is 4. The van der Waals surface area contributed by atoms with Crippen LogP contribution in [-0.4, -0.2) is 9.38 Å². The van der Waals surface area contributed by atoms with Gasteiger partial charge in [-0.2, -0.15) is 0 Å². The summed E-state index contributed by atoms with van der Waals surface area (Å²) in [5.74, 6) is 0.862. The lowest BCUT2D eigenvalue weighted by Gasteiger charge is -2.13. The summed E-state index contributed by atoms with van der Waals surface area (Å²) in [5, 5.41) is 2.42. The molecule has 7 heteroatoms. The highest BCUT2D eigenvalue weighted by Crippen LogP contribution is 2.31. The van der Waals surface area contributed by atoms with E-state index in [-0.39, 0.29) is 5.56 Å². The highest BCUT2D eigenvalue weighted by molar-refractivity contribution is 14.1. The maximum absolute atomic E-state index is 13.1. The van der Waals surface area contributed by atoms with Crippen molar-refractivity contribution in [2.24, 2.45) is 0 Å². The van der Waals surface area contributed by atoms with E-state index in [1.54, 1.807) is 4.40 Å². The van der Waals surface area contributed by atoms with Gasteiger partial charge in [0.1, 0.15) is 12.4 Å².